The minimum Gasteiger partial charge on any atom is -0.492 e. The van der Waals surface area contributed by atoms with Crippen LogP contribution in [0.2, 0.25) is 5.02 Å². The van der Waals surface area contributed by atoms with Crippen molar-refractivity contribution >= 4 is 33.2 Å². The highest BCUT2D eigenvalue weighted by molar-refractivity contribution is 7.89. The Morgan fingerprint density at radius 1 is 1.06 bits per heavy atom. The molecule has 0 saturated heterocycles. The molecule has 3 aromatic carbocycles. The predicted molar refractivity (Wildman–Crippen MR) is 124 cm³/mol. The Kier molecular flexibility index (Phi) is 6.73. The van der Waals surface area contributed by atoms with Crippen LogP contribution in [-0.2, 0) is 16.6 Å². The lowest BCUT2D eigenvalue weighted by atomic mass is 10.2. The second kappa shape index (κ2) is 9.70. The summed E-state index contributed by atoms with van der Waals surface area (Å²) in [5.74, 6) is 1.09. The second-order valence-corrected chi connectivity index (χ2v) is 9.27. The maximum absolute atomic E-state index is 12.9. The molecule has 0 spiro atoms. The molecule has 1 amide bonds. The quantitative estimate of drug-likeness (QED) is 0.492. The molecule has 0 fully saturated rings. The number of amides is 1. The fraction of sp³-hybridized carbons (Fsp3) is 0.174. The predicted octanol–water partition coefficient (Wildman–Crippen LogP) is 4.20. The van der Waals surface area contributed by atoms with E-state index in [0.717, 1.165) is 0 Å². The zero-order chi connectivity index (χ0) is 23.4. The molecule has 2 N–H and O–H groups in total. The summed E-state index contributed by atoms with van der Waals surface area (Å²) in [5.41, 5.74) is 1.27. The van der Waals surface area contributed by atoms with Gasteiger partial charge in [-0.3, -0.25) is 4.79 Å². The summed E-state index contributed by atoms with van der Waals surface area (Å²) in [6.45, 7) is 2.32. The van der Waals surface area contributed by atoms with Crippen LogP contribution in [0, 0.1) is 0 Å². The van der Waals surface area contributed by atoms with Gasteiger partial charge in [0.1, 0.15) is 5.75 Å². The lowest BCUT2D eigenvalue weighted by Gasteiger charge is -2.14. The van der Waals surface area contributed by atoms with Gasteiger partial charge in [-0.25, -0.2) is 13.1 Å². The Morgan fingerprint density at radius 3 is 2.67 bits per heavy atom. The zero-order valence-electron chi connectivity index (χ0n) is 17.6. The van der Waals surface area contributed by atoms with Crippen LogP contribution in [0.3, 0.4) is 0 Å². The van der Waals surface area contributed by atoms with Gasteiger partial charge < -0.3 is 19.5 Å². The van der Waals surface area contributed by atoms with E-state index in [-0.39, 0.29) is 23.9 Å². The number of rotatable bonds is 8. The monoisotopic (exact) mass is 488 g/mol. The number of hydrogen-bond donors (Lipinski definition) is 2. The van der Waals surface area contributed by atoms with E-state index in [1.165, 1.54) is 24.3 Å². The van der Waals surface area contributed by atoms with Crippen LogP contribution in [0.5, 0.6) is 17.2 Å². The summed E-state index contributed by atoms with van der Waals surface area (Å²) in [5, 5.41) is 3.12. The summed E-state index contributed by atoms with van der Waals surface area (Å²) in [4.78, 5) is 12.7. The molecule has 0 atom stereocenters. The molecular weight excluding hydrogens is 468 g/mol. The lowest BCUT2D eigenvalue weighted by Crippen LogP contribution is -2.23. The van der Waals surface area contributed by atoms with E-state index in [4.69, 9.17) is 25.8 Å². The molecule has 3 aromatic rings. The molecule has 33 heavy (non-hydrogen) atoms. The van der Waals surface area contributed by atoms with Gasteiger partial charge in [-0.1, -0.05) is 23.7 Å². The third kappa shape index (κ3) is 5.39. The summed E-state index contributed by atoms with van der Waals surface area (Å²) >= 11 is 5.97. The van der Waals surface area contributed by atoms with Crippen LogP contribution in [0.1, 0.15) is 22.8 Å². The van der Waals surface area contributed by atoms with E-state index < -0.39 is 15.9 Å². The van der Waals surface area contributed by atoms with Crippen molar-refractivity contribution in [3.63, 3.8) is 0 Å². The minimum atomic E-state index is -3.88. The molecule has 4 rings (SSSR count). The van der Waals surface area contributed by atoms with Gasteiger partial charge in [0.05, 0.1) is 17.2 Å². The lowest BCUT2D eigenvalue weighted by molar-refractivity contribution is 0.102. The van der Waals surface area contributed by atoms with Crippen molar-refractivity contribution in [3.8, 4) is 17.2 Å². The number of hydrogen-bond acceptors (Lipinski definition) is 6. The van der Waals surface area contributed by atoms with Crippen LogP contribution in [-0.4, -0.2) is 27.7 Å². The normalized spacial score (nSPS) is 12.4. The Labute approximate surface area is 196 Å². The average molecular weight is 489 g/mol. The first kappa shape index (κ1) is 22.9. The number of ether oxygens (including phenoxy) is 3. The molecule has 0 aliphatic carbocycles. The molecule has 8 nitrogen and oxygen atoms in total. The SMILES string of the molecule is CCOc1ccc(S(=O)(=O)NCc2ccc3c(c2)OCO3)cc1NC(=O)c1cccc(Cl)c1. The molecule has 172 valence electrons. The molecule has 1 heterocycles. The van der Waals surface area contributed by atoms with E-state index in [2.05, 4.69) is 10.0 Å². The zero-order valence-corrected chi connectivity index (χ0v) is 19.2. The number of benzene rings is 3. The van der Waals surface area contributed by atoms with Gasteiger partial charge in [-0.05, 0) is 61.0 Å². The summed E-state index contributed by atoms with van der Waals surface area (Å²) in [6, 6.07) is 15.9. The maximum atomic E-state index is 12.9. The number of carbonyl (C=O) groups is 1. The van der Waals surface area contributed by atoms with Crippen LogP contribution in [0.15, 0.2) is 65.6 Å². The third-order valence-electron chi connectivity index (χ3n) is 4.80. The molecule has 1 aliphatic heterocycles. The standard InChI is InChI=1S/C23H21ClN2O6S/c1-2-30-20-9-7-18(12-19(20)26-23(27)16-4-3-5-17(24)11-16)33(28,29)25-13-15-6-8-21-22(10-15)32-14-31-21/h3-12,25H,2,13-14H2,1H3,(H,26,27). The first-order chi connectivity index (χ1) is 15.9. The number of halogens is 1. The van der Waals surface area contributed by atoms with Crippen molar-refractivity contribution in [3.05, 3.63) is 76.8 Å². The number of sulfonamides is 1. The van der Waals surface area contributed by atoms with Crippen molar-refractivity contribution in [1.82, 2.24) is 4.72 Å². The van der Waals surface area contributed by atoms with Gasteiger partial charge in [0, 0.05) is 17.1 Å². The van der Waals surface area contributed by atoms with Crippen molar-refractivity contribution < 1.29 is 27.4 Å². The molecular formula is C23H21ClN2O6S. The Bertz CT molecular complexity index is 1300. The highest BCUT2D eigenvalue weighted by Gasteiger charge is 2.19. The van der Waals surface area contributed by atoms with E-state index >= 15 is 0 Å². The number of carbonyl (C=O) groups excluding carboxylic acids is 1. The minimum absolute atomic E-state index is 0.0203. The highest BCUT2D eigenvalue weighted by Crippen LogP contribution is 2.33. The Hall–Kier alpha value is -3.27. The van der Waals surface area contributed by atoms with E-state index in [0.29, 0.717) is 40.0 Å². The number of nitrogens with one attached hydrogen (secondary N) is 2. The van der Waals surface area contributed by atoms with Gasteiger partial charge in [0.15, 0.2) is 11.5 Å². The van der Waals surface area contributed by atoms with E-state index in [1.807, 2.05) is 0 Å². The first-order valence-corrected chi connectivity index (χ1v) is 11.9. The smallest absolute Gasteiger partial charge is 0.255 e. The van der Waals surface area contributed by atoms with Gasteiger partial charge >= 0.3 is 0 Å². The molecule has 0 aromatic heterocycles. The molecule has 0 unspecified atom stereocenters. The van der Waals surface area contributed by atoms with E-state index in [9.17, 15) is 13.2 Å². The van der Waals surface area contributed by atoms with Gasteiger partial charge in [0.25, 0.3) is 5.91 Å². The van der Waals surface area contributed by atoms with Gasteiger partial charge in [-0.2, -0.15) is 0 Å². The number of anilines is 1. The van der Waals surface area contributed by atoms with Crippen molar-refractivity contribution in [1.29, 1.82) is 0 Å². The molecule has 0 bridgehead atoms. The maximum Gasteiger partial charge on any atom is 0.255 e. The molecule has 0 radical (unpaired) electrons. The van der Waals surface area contributed by atoms with Crippen molar-refractivity contribution in [2.75, 3.05) is 18.7 Å². The van der Waals surface area contributed by atoms with Crippen LogP contribution < -0.4 is 24.2 Å². The fourth-order valence-electron chi connectivity index (χ4n) is 3.19. The second-order valence-electron chi connectivity index (χ2n) is 7.07. The fourth-order valence-corrected chi connectivity index (χ4v) is 4.43. The summed E-state index contributed by atoms with van der Waals surface area (Å²) in [7, 11) is -3.88. The molecule has 10 heteroatoms. The average Bonchev–Trinajstić information content (AvgIpc) is 3.27. The number of fused-ring (bicyclic) bond motifs is 1. The Morgan fingerprint density at radius 2 is 1.88 bits per heavy atom. The third-order valence-corrected chi connectivity index (χ3v) is 6.43. The highest BCUT2D eigenvalue weighted by atomic mass is 35.5. The van der Waals surface area contributed by atoms with Gasteiger partial charge in [-0.15, -0.1) is 0 Å². The van der Waals surface area contributed by atoms with Crippen molar-refractivity contribution in [2.45, 2.75) is 18.4 Å². The van der Waals surface area contributed by atoms with Crippen LogP contribution in [0.4, 0.5) is 5.69 Å². The topological polar surface area (TPSA) is 103 Å². The van der Waals surface area contributed by atoms with Crippen LogP contribution in [0.25, 0.3) is 0 Å². The summed E-state index contributed by atoms with van der Waals surface area (Å²) < 4.78 is 44.6. The van der Waals surface area contributed by atoms with Gasteiger partial charge in [0.2, 0.25) is 16.8 Å². The molecule has 1 aliphatic rings. The molecule has 0 saturated carbocycles. The first-order valence-electron chi connectivity index (χ1n) is 10.1. The summed E-state index contributed by atoms with van der Waals surface area (Å²) in [6.07, 6.45) is 0. The van der Waals surface area contributed by atoms with E-state index in [1.54, 1.807) is 43.3 Å². The largest absolute Gasteiger partial charge is 0.492 e. The van der Waals surface area contributed by atoms with Crippen LogP contribution >= 0.6 is 11.6 Å². The van der Waals surface area contributed by atoms with Crippen molar-refractivity contribution in [2.24, 2.45) is 0 Å². The Balaban J connectivity index is 1.54.